The Kier molecular flexibility index (Phi) is 12.4. The van der Waals surface area contributed by atoms with E-state index < -0.39 is 17.9 Å². The fourth-order valence-electron chi connectivity index (χ4n) is 4.02. The SMILES string of the molecule is CCCCCCOc1ccccc1C(O)(O)N(C(=O)c1ccc(-c2cccnc2)cc1)C(C)CC.O=CO. The molecule has 0 saturated carbocycles. The summed E-state index contributed by atoms with van der Waals surface area (Å²) >= 11 is 0. The Bertz CT molecular complexity index is 1120. The van der Waals surface area contributed by atoms with Crippen LogP contribution in [0.15, 0.2) is 73.1 Å². The second-order valence-electron chi connectivity index (χ2n) is 8.90. The van der Waals surface area contributed by atoms with Crippen molar-refractivity contribution in [2.75, 3.05) is 6.61 Å². The van der Waals surface area contributed by atoms with E-state index >= 15 is 0 Å². The lowest BCUT2D eigenvalue weighted by Crippen LogP contribution is -2.53. The Balaban J connectivity index is 0.00000161. The maximum atomic E-state index is 13.6. The van der Waals surface area contributed by atoms with Crippen molar-refractivity contribution >= 4 is 12.4 Å². The first-order chi connectivity index (χ1) is 18.3. The number of aliphatic hydroxyl groups is 2. The zero-order valence-corrected chi connectivity index (χ0v) is 22.3. The van der Waals surface area contributed by atoms with Gasteiger partial charge in [-0.1, -0.05) is 63.4 Å². The zero-order valence-electron chi connectivity index (χ0n) is 22.3. The lowest BCUT2D eigenvalue weighted by Gasteiger charge is -2.40. The minimum Gasteiger partial charge on any atom is -0.493 e. The van der Waals surface area contributed by atoms with E-state index in [4.69, 9.17) is 14.6 Å². The van der Waals surface area contributed by atoms with Crippen molar-refractivity contribution in [3.05, 3.63) is 84.2 Å². The van der Waals surface area contributed by atoms with Crippen molar-refractivity contribution in [2.24, 2.45) is 0 Å². The number of pyridine rings is 1. The van der Waals surface area contributed by atoms with E-state index in [2.05, 4.69) is 11.9 Å². The minimum atomic E-state index is -2.55. The molecule has 0 aliphatic heterocycles. The second-order valence-corrected chi connectivity index (χ2v) is 8.90. The number of amides is 1. The number of nitrogens with zero attached hydrogens (tertiary/aromatic N) is 2. The van der Waals surface area contributed by atoms with E-state index in [-0.39, 0.29) is 12.0 Å². The number of carbonyl (C=O) groups excluding carboxylic acids is 1. The van der Waals surface area contributed by atoms with Gasteiger partial charge >= 0.3 is 0 Å². The topological polar surface area (TPSA) is 120 Å². The van der Waals surface area contributed by atoms with Gasteiger partial charge in [0.05, 0.1) is 12.2 Å². The molecule has 2 aromatic carbocycles. The highest BCUT2D eigenvalue weighted by Crippen LogP contribution is 2.34. The van der Waals surface area contributed by atoms with Gasteiger partial charge in [-0.3, -0.25) is 19.5 Å². The molecule has 3 N–H and O–H groups in total. The van der Waals surface area contributed by atoms with Gasteiger partial charge in [-0.05, 0) is 61.2 Å². The highest BCUT2D eigenvalue weighted by Gasteiger charge is 2.42. The van der Waals surface area contributed by atoms with E-state index in [0.717, 1.165) is 41.7 Å². The van der Waals surface area contributed by atoms with Crippen molar-refractivity contribution in [3.63, 3.8) is 0 Å². The van der Waals surface area contributed by atoms with Crippen LogP contribution in [0.25, 0.3) is 11.1 Å². The third-order valence-electron chi connectivity index (χ3n) is 6.22. The monoisotopic (exact) mass is 522 g/mol. The number of carboxylic acid groups (broad SMARTS) is 1. The fourth-order valence-corrected chi connectivity index (χ4v) is 4.02. The molecule has 0 aliphatic rings. The third kappa shape index (κ3) is 8.13. The minimum absolute atomic E-state index is 0.149. The largest absolute Gasteiger partial charge is 0.493 e. The Morgan fingerprint density at radius 3 is 2.29 bits per heavy atom. The molecule has 0 bridgehead atoms. The average Bonchev–Trinajstić information content (AvgIpc) is 2.94. The lowest BCUT2D eigenvalue weighted by molar-refractivity contribution is -0.266. The van der Waals surface area contributed by atoms with E-state index in [0.29, 0.717) is 24.3 Å². The van der Waals surface area contributed by atoms with Crippen LogP contribution in [0.3, 0.4) is 0 Å². The van der Waals surface area contributed by atoms with Gasteiger partial charge in [0.1, 0.15) is 5.75 Å². The van der Waals surface area contributed by atoms with Crippen molar-refractivity contribution < 1.29 is 29.6 Å². The molecular formula is C30H38N2O6. The van der Waals surface area contributed by atoms with E-state index in [9.17, 15) is 15.0 Å². The number of unbranched alkanes of at least 4 members (excludes halogenated alkanes) is 3. The van der Waals surface area contributed by atoms with Crippen LogP contribution in [0.4, 0.5) is 0 Å². The van der Waals surface area contributed by atoms with Crippen molar-refractivity contribution in [1.82, 2.24) is 9.88 Å². The van der Waals surface area contributed by atoms with Crippen molar-refractivity contribution in [2.45, 2.75) is 64.8 Å². The van der Waals surface area contributed by atoms with Gasteiger partial charge < -0.3 is 20.1 Å². The van der Waals surface area contributed by atoms with Gasteiger partial charge in [-0.2, -0.15) is 0 Å². The number of aromatic nitrogens is 1. The Labute approximate surface area is 224 Å². The summed E-state index contributed by atoms with van der Waals surface area (Å²) < 4.78 is 5.92. The molecular weight excluding hydrogens is 484 g/mol. The smallest absolute Gasteiger partial charge is 0.290 e. The summed E-state index contributed by atoms with van der Waals surface area (Å²) in [6, 6.07) is 17.2. The lowest BCUT2D eigenvalue weighted by atomic mass is 10.0. The zero-order chi connectivity index (χ0) is 28.0. The number of benzene rings is 2. The molecule has 8 heteroatoms. The number of carbonyl (C=O) groups is 2. The molecule has 0 spiro atoms. The fraction of sp³-hybridized carbons (Fsp3) is 0.367. The van der Waals surface area contributed by atoms with Crippen molar-refractivity contribution in [3.8, 4) is 16.9 Å². The molecule has 204 valence electrons. The summed E-state index contributed by atoms with van der Waals surface area (Å²) in [4.78, 5) is 27.2. The highest BCUT2D eigenvalue weighted by molar-refractivity contribution is 5.95. The summed E-state index contributed by atoms with van der Waals surface area (Å²) in [5.74, 6) is -2.66. The molecule has 8 nitrogen and oxygen atoms in total. The third-order valence-corrected chi connectivity index (χ3v) is 6.22. The van der Waals surface area contributed by atoms with E-state index in [1.54, 1.807) is 55.7 Å². The molecule has 1 heterocycles. The Morgan fingerprint density at radius 2 is 1.68 bits per heavy atom. The quantitative estimate of drug-likeness (QED) is 0.164. The summed E-state index contributed by atoms with van der Waals surface area (Å²) in [6.45, 7) is 6.08. The van der Waals surface area contributed by atoms with E-state index in [1.165, 1.54) is 0 Å². The second kappa shape index (κ2) is 15.5. The van der Waals surface area contributed by atoms with E-state index in [1.807, 2.05) is 31.2 Å². The van der Waals surface area contributed by atoms with Crippen LogP contribution in [0.2, 0.25) is 0 Å². The predicted molar refractivity (Wildman–Crippen MR) is 146 cm³/mol. The first-order valence-corrected chi connectivity index (χ1v) is 12.9. The number of para-hydroxylation sites is 1. The normalized spacial score (nSPS) is 11.6. The van der Waals surface area contributed by atoms with Gasteiger partial charge in [-0.25, -0.2) is 0 Å². The highest BCUT2D eigenvalue weighted by atomic mass is 16.5. The van der Waals surface area contributed by atoms with Crippen molar-refractivity contribution in [1.29, 1.82) is 0 Å². The van der Waals surface area contributed by atoms with Crippen LogP contribution in [-0.2, 0) is 10.7 Å². The van der Waals surface area contributed by atoms with Crippen LogP contribution in [0.5, 0.6) is 5.75 Å². The van der Waals surface area contributed by atoms with Gasteiger partial charge in [-0.15, -0.1) is 0 Å². The average molecular weight is 523 g/mol. The Hall–Kier alpha value is -3.75. The molecule has 0 saturated heterocycles. The first-order valence-electron chi connectivity index (χ1n) is 12.9. The predicted octanol–water partition coefficient (Wildman–Crippen LogP) is 5.44. The van der Waals surface area contributed by atoms with Gasteiger partial charge in [0, 0.05) is 24.0 Å². The summed E-state index contributed by atoms with van der Waals surface area (Å²) in [6.07, 6.45) is 8.20. The molecule has 3 aromatic rings. The number of hydrogen-bond donors (Lipinski definition) is 3. The Morgan fingerprint density at radius 1 is 1.00 bits per heavy atom. The molecule has 0 radical (unpaired) electrons. The van der Waals surface area contributed by atoms with Crippen LogP contribution < -0.4 is 4.74 Å². The van der Waals surface area contributed by atoms with Crippen LogP contribution in [0, 0.1) is 0 Å². The molecule has 38 heavy (non-hydrogen) atoms. The summed E-state index contributed by atoms with van der Waals surface area (Å²) in [7, 11) is 0. The summed E-state index contributed by atoms with van der Waals surface area (Å²) in [5.41, 5.74) is 2.37. The number of hydrogen-bond acceptors (Lipinski definition) is 6. The van der Waals surface area contributed by atoms with Gasteiger partial charge in [0.15, 0.2) is 0 Å². The number of ether oxygens (including phenoxy) is 1. The van der Waals surface area contributed by atoms with Crippen LogP contribution in [-0.4, -0.2) is 50.2 Å². The van der Waals surface area contributed by atoms with Crippen LogP contribution in [0.1, 0.15) is 68.8 Å². The molecule has 1 unspecified atom stereocenters. The molecule has 3 rings (SSSR count). The molecule has 1 atom stereocenters. The van der Waals surface area contributed by atoms with Gasteiger partial charge in [0.25, 0.3) is 18.3 Å². The molecule has 1 aromatic heterocycles. The maximum Gasteiger partial charge on any atom is 0.290 e. The maximum absolute atomic E-state index is 13.6. The standard InChI is InChI=1S/C29H36N2O4.CH2O2/c1-4-6-7-10-20-35-27-14-9-8-13-26(27)29(33,34)31(22(3)5-2)28(32)24-17-15-23(16-18-24)25-12-11-19-30-21-25;2-1-3/h8-9,11-19,21-22,33-34H,4-7,10,20H2,1-3H3;1H,(H,2,3). The molecule has 1 amide bonds. The van der Waals surface area contributed by atoms with Gasteiger partial charge in [0.2, 0.25) is 0 Å². The molecule has 0 aliphatic carbocycles. The number of rotatable bonds is 12. The molecule has 0 fully saturated rings. The van der Waals surface area contributed by atoms with Crippen LogP contribution >= 0.6 is 0 Å². The first kappa shape index (κ1) is 30.5. The summed E-state index contributed by atoms with van der Waals surface area (Å²) in [5, 5.41) is 29.7.